The lowest BCUT2D eigenvalue weighted by Crippen LogP contribution is -2.31. The molecule has 1 heterocycles. The summed E-state index contributed by atoms with van der Waals surface area (Å²) in [5, 5.41) is 3.69. The molecule has 20 heavy (non-hydrogen) atoms. The Labute approximate surface area is 134 Å². The zero-order valence-electron chi connectivity index (χ0n) is 13.1. The van der Waals surface area contributed by atoms with Gasteiger partial charge in [-0.3, -0.25) is 0 Å². The molecular formula is C17H30ClNS. The number of hydrogen-bond acceptors (Lipinski definition) is 2. The highest BCUT2D eigenvalue weighted by atomic mass is 35.5. The van der Waals surface area contributed by atoms with Crippen LogP contribution in [-0.4, -0.2) is 12.6 Å². The minimum atomic E-state index is 0.621. The zero-order valence-corrected chi connectivity index (χ0v) is 14.7. The average Bonchev–Trinajstić information content (AvgIpc) is 2.85. The molecule has 1 unspecified atom stereocenters. The van der Waals surface area contributed by atoms with E-state index in [1.165, 1.54) is 56.2 Å². The lowest BCUT2D eigenvalue weighted by molar-refractivity contribution is 0.452. The minimum Gasteiger partial charge on any atom is -0.314 e. The Bertz CT molecular complexity index is 337. The van der Waals surface area contributed by atoms with Gasteiger partial charge in [0.2, 0.25) is 0 Å². The molecule has 1 aromatic heterocycles. The van der Waals surface area contributed by atoms with E-state index in [9.17, 15) is 0 Å². The van der Waals surface area contributed by atoms with Crippen molar-refractivity contribution in [3.8, 4) is 0 Å². The Morgan fingerprint density at radius 1 is 1.05 bits per heavy atom. The van der Waals surface area contributed by atoms with Crippen LogP contribution in [0.15, 0.2) is 12.1 Å². The van der Waals surface area contributed by atoms with Gasteiger partial charge in [0, 0.05) is 10.9 Å². The first-order chi connectivity index (χ1) is 9.76. The van der Waals surface area contributed by atoms with E-state index < -0.39 is 0 Å². The monoisotopic (exact) mass is 315 g/mol. The van der Waals surface area contributed by atoms with Crippen LogP contribution in [-0.2, 0) is 6.42 Å². The summed E-state index contributed by atoms with van der Waals surface area (Å²) in [4.78, 5) is 1.41. The largest absolute Gasteiger partial charge is 0.314 e. The molecule has 116 valence electrons. The highest BCUT2D eigenvalue weighted by molar-refractivity contribution is 7.16. The van der Waals surface area contributed by atoms with Gasteiger partial charge in [0.05, 0.1) is 4.34 Å². The van der Waals surface area contributed by atoms with E-state index in [0.717, 1.165) is 17.3 Å². The van der Waals surface area contributed by atoms with Crippen molar-refractivity contribution in [3.63, 3.8) is 0 Å². The molecule has 1 rings (SSSR count). The molecule has 0 spiro atoms. The Morgan fingerprint density at radius 2 is 1.80 bits per heavy atom. The van der Waals surface area contributed by atoms with Crippen molar-refractivity contribution >= 4 is 22.9 Å². The number of rotatable bonds is 12. The van der Waals surface area contributed by atoms with Gasteiger partial charge in [-0.1, -0.05) is 64.0 Å². The molecule has 0 radical (unpaired) electrons. The van der Waals surface area contributed by atoms with E-state index in [4.69, 9.17) is 11.6 Å². The molecule has 3 heteroatoms. The molecule has 0 bridgehead atoms. The molecule has 1 aromatic rings. The third-order valence-corrected chi connectivity index (χ3v) is 4.92. The predicted octanol–water partition coefficient (Wildman–Crippen LogP) is 6.06. The molecule has 0 amide bonds. The second-order valence-electron chi connectivity index (χ2n) is 5.62. The molecule has 1 atom stereocenters. The molecule has 0 saturated heterocycles. The van der Waals surface area contributed by atoms with Gasteiger partial charge in [0.15, 0.2) is 0 Å². The SMILES string of the molecule is CCCCCCCCC(Cc1ccc(Cl)s1)NCCC. The fourth-order valence-electron chi connectivity index (χ4n) is 2.50. The summed E-state index contributed by atoms with van der Waals surface area (Å²) >= 11 is 7.75. The van der Waals surface area contributed by atoms with Gasteiger partial charge in [0.1, 0.15) is 0 Å². The smallest absolute Gasteiger partial charge is 0.0931 e. The van der Waals surface area contributed by atoms with Crippen molar-refractivity contribution in [2.75, 3.05) is 6.54 Å². The molecule has 0 saturated carbocycles. The van der Waals surface area contributed by atoms with E-state index in [-0.39, 0.29) is 0 Å². The molecule has 0 aliphatic carbocycles. The summed E-state index contributed by atoms with van der Waals surface area (Å²) in [6.07, 6.45) is 11.9. The first kappa shape index (κ1) is 18.0. The maximum atomic E-state index is 6.02. The second-order valence-corrected chi connectivity index (χ2v) is 7.42. The van der Waals surface area contributed by atoms with E-state index in [2.05, 4.69) is 25.2 Å². The van der Waals surface area contributed by atoms with Crippen LogP contribution < -0.4 is 5.32 Å². The van der Waals surface area contributed by atoms with Gasteiger partial charge < -0.3 is 5.32 Å². The van der Waals surface area contributed by atoms with Crippen LogP contribution in [0.4, 0.5) is 0 Å². The maximum Gasteiger partial charge on any atom is 0.0931 e. The van der Waals surface area contributed by atoms with Gasteiger partial charge in [-0.05, 0) is 37.9 Å². The van der Waals surface area contributed by atoms with E-state index >= 15 is 0 Å². The Kier molecular flexibility index (Phi) is 10.4. The number of nitrogens with one attached hydrogen (secondary N) is 1. The summed E-state index contributed by atoms with van der Waals surface area (Å²) in [6, 6.07) is 4.81. The molecule has 0 aliphatic rings. The third-order valence-electron chi connectivity index (χ3n) is 3.67. The zero-order chi connectivity index (χ0) is 14.6. The quantitative estimate of drug-likeness (QED) is 0.462. The normalized spacial score (nSPS) is 12.8. The van der Waals surface area contributed by atoms with Crippen molar-refractivity contribution in [3.05, 3.63) is 21.3 Å². The van der Waals surface area contributed by atoms with Crippen LogP contribution in [0.5, 0.6) is 0 Å². The van der Waals surface area contributed by atoms with E-state index in [1.54, 1.807) is 11.3 Å². The fraction of sp³-hybridized carbons (Fsp3) is 0.765. The van der Waals surface area contributed by atoms with Crippen LogP contribution in [0.1, 0.15) is 70.1 Å². The van der Waals surface area contributed by atoms with Gasteiger partial charge in [-0.15, -0.1) is 11.3 Å². The molecule has 0 aromatic carbocycles. The van der Waals surface area contributed by atoms with Crippen LogP contribution >= 0.6 is 22.9 Å². The molecule has 1 nitrogen and oxygen atoms in total. The van der Waals surface area contributed by atoms with Crippen LogP contribution in [0, 0.1) is 0 Å². The first-order valence-corrected chi connectivity index (χ1v) is 9.43. The Balaban J connectivity index is 2.24. The van der Waals surface area contributed by atoms with Crippen molar-refractivity contribution < 1.29 is 0 Å². The Hall–Kier alpha value is -0.0500. The molecule has 0 fully saturated rings. The van der Waals surface area contributed by atoms with Crippen molar-refractivity contribution in [2.24, 2.45) is 0 Å². The lowest BCUT2D eigenvalue weighted by Gasteiger charge is -2.17. The highest BCUT2D eigenvalue weighted by Crippen LogP contribution is 2.23. The van der Waals surface area contributed by atoms with Gasteiger partial charge >= 0.3 is 0 Å². The Morgan fingerprint density at radius 3 is 2.45 bits per heavy atom. The fourth-order valence-corrected chi connectivity index (χ4v) is 3.67. The van der Waals surface area contributed by atoms with Crippen molar-refractivity contribution in [2.45, 2.75) is 77.7 Å². The van der Waals surface area contributed by atoms with Crippen LogP contribution in [0.25, 0.3) is 0 Å². The van der Waals surface area contributed by atoms with E-state index in [0.29, 0.717) is 6.04 Å². The maximum absolute atomic E-state index is 6.02. The van der Waals surface area contributed by atoms with Crippen LogP contribution in [0.2, 0.25) is 4.34 Å². The minimum absolute atomic E-state index is 0.621. The number of unbranched alkanes of at least 4 members (excludes halogenated alkanes) is 5. The number of thiophene rings is 1. The average molecular weight is 316 g/mol. The predicted molar refractivity (Wildman–Crippen MR) is 93.1 cm³/mol. The summed E-state index contributed by atoms with van der Waals surface area (Å²) in [5.74, 6) is 0. The molecular weight excluding hydrogens is 286 g/mol. The van der Waals surface area contributed by atoms with Crippen molar-refractivity contribution in [1.29, 1.82) is 0 Å². The summed E-state index contributed by atoms with van der Waals surface area (Å²) < 4.78 is 0.911. The topological polar surface area (TPSA) is 12.0 Å². The third kappa shape index (κ3) is 8.28. The van der Waals surface area contributed by atoms with Gasteiger partial charge in [-0.2, -0.15) is 0 Å². The van der Waals surface area contributed by atoms with Gasteiger partial charge in [0.25, 0.3) is 0 Å². The standard InChI is InChI=1S/C17H30ClNS/c1-3-5-6-7-8-9-10-15(19-13-4-2)14-16-11-12-17(18)20-16/h11-12,15,19H,3-10,13-14H2,1-2H3. The highest BCUT2D eigenvalue weighted by Gasteiger charge is 2.10. The molecule has 0 aliphatic heterocycles. The van der Waals surface area contributed by atoms with Gasteiger partial charge in [-0.25, -0.2) is 0 Å². The van der Waals surface area contributed by atoms with E-state index in [1.807, 2.05) is 6.07 Å². The molecule has 1 N–H and O–H groups in total. The number of halogens is 1. The lowest BCUT2D eigenvalue weighted by atomic mass is 10.0. The summed E-state index contributed by atoms with van der Waals surface area (Å²) in [5.41, 5.74) is 0. The van der Waals surface area contributed by atoms with Crippen molar-refractivity contribution in [1.82, 2.24) is 5.32 Å². The summed E-state index contributed by atoms with van der Waals surface area (Å²) in [7, 11) is 0. The van der Waals surface area contributed by atoms with Crippen LogP contribution in [0.3, 0.4) is 0 Å². The second kappa shape index (κ2) is 11.6. The summed E-state index contributed by atoms with van der Waals surface area (Å²) in [6.45, 7) is 5.63. The number of hydrogen-bond donors (Lipinski definition) is 1. The first-order valence-electron chi connectivity index (χ1n) is 8.23.